The molecule has 0 unspecified atom stereocenters. The van der Waals surface area contributed by atoms with Crippen LogP contribution in [0.25, 0.3) is 6.08 Å². The van der Waals surface area contributed by atoms with E-state index in [0.29, 0.717) is 41.4 Å². The third-order valence-corrected chi connectivity index (χ3v) is 5.10. The molecule has 26 heavy (non-hydrogen) atoms. The molecule has 0 amide bonds. The molecule has 4 rings (SSSR count). The smallest absolute Gasteiger partial charge is 0.232 e. The molecular formula is C21H20ClNO3. The summed E-state index contributed by atoms with van der Waals surface area (Å²) in [6, 6.07) is 9.60. The second-order valence-corrected chi connectivity index (χ2v) is 7.42. The summed E-state index contributed by atoms with van der Waals surface area (Å²) in [4.78, 5) is 15.1. The van der Waals surface area contributed by atoms with Crippen LogP contribution in [0, 0.1) is 6.92 Å². The maximum Gasteiger partial charge on any atom is 0.232 e. The van der Waals surface area contributed by atoms with Crippen LogP contribution in [0.2, 0.25) is 5.02 Å². The first-order valence-corrected chi connectivity index (χ1v) is 9.05. The summed E-state index contributed by atoms with van der Waals surface area (Å²) < 4.78 is 11.9. The summed E-state index contributed by atoms with van der Waals surface area (Å²) >= 11 is 5.93. The molecule has 0 bridgehead atoms. The highest BCUT2D eigenvalue weighted by atomic mass is 35.5. The van der Waals surface area contributed by atoms with Gasteiger partial charge in [0, 0.05) is 17.6 Å². The molecule has 2 aliphatic heterocycles. The van der Waals surface area contributed by atoms with E-state index in [1.165, 1.54) is 0 Å². The summed E-state index contributed by atoms with van der Waals surface area (Å²) in [5.41, 5.74) is 3.33. The van der Waals surface area contributed by atoms with Crippen LogP contribution in [0.5, 0.6) is 11.5 Å². The van der Waals surface area contributed by atoms with Crippen molar-refractivity contribution in [3.05, 3.63) is 63.4 Å². The van der Waals surface area contributed by atoms with Crippen LogP contribution in [-0.4, -0.2) is 23.5 Å². The molecule has 0 N–H and O–H groups in total. The first-order valence-electron chi connectivity index (χ1n) is 8.67. The highest BCUT2D eigenvalue weighted by Crippen LogP contribution is 2.44. The van der Waals surface area contributed by atoms with Crippen molar-refractivity contribution in [3.63, 3.8) is 0 Å². The number of Topliss-reactive ketones (excluding diaryl/α,β-unsaturated/α-hetero) is 1. The predicted molar refractivity (Wildman–Crippen MR) is 102 cm³/mol. The molecule has 2 aliphatic rings. The third kappa shape index (κ3) is 2.89. The fourth-order valence-corrected chi connectivity index (χ4v) is 3.41. The van der Waals surface area contributed by atoms with Gasteiger partial charge in [0.25, 0.3) is 0 Å². The van der Waals surface area contributed by atoms with Gasteiger partial charge in [-0.3, -0.25) is 9.69 Å². The Balaban J connectivity index is 1.75. The zero-order valence-corrected chi connectivity index (χ0v) is 15.8. The lowest BCUT2D eigenvalue weighted by Gasteiger charge is -2.32. The second kappa shape index (κ2) is 6.45. The zero-order chi connectivity index (χ0) is 18.4. The van der Waals surface area contributed by atoms with E-state index < -0.39 is 0 Å². The highest BCUT2D eigenvalue weighted by Gasteiger charge is 2.35. The van der Waals surface area contributed by atoms with Crippen LogP contribution in [-0.2, 0) is 6.54 Å². The highest BCUT2D eigenvalue weighted by molar-refractivity contribution is 6.30. The number of ether oxygens (including phenoxy) is 2. The van der Waals surface area contributed by atoms with Crippen molar-refractivity contribution in [3.8, 4) is 11.5 Å². The average Bonchev–Trinajstić information content (AvgIpc) is 2.94. The lowest BCUT2D eigenvalue weighted by atomic mass is 9.98. The van der Waals surface area contributed by atoms with Crippen LogP contribution in [0.4, 0.5) is 0 Å². The van der Waals surface area contributed by atoms with Gasteiger partial charge in [0.1, 0.15) is 18.2 Å². The van der Waals surface area contributed by atoms with E-state index in [4.69, 9.17) is 21.1 Å². The Bertz CT molecular complexity index is 916. The molecule has 4 nitrogen and oxygen atoms in total. The number of carbonyl (C=O) groups excluding carboxylic acids is 1. The molecule has 0 aromatic heterocycles. The number of hydrogen-bond donors (Lipinski definition) is 0. The number of carbonyl (C=O) groups is 1. The van der Waals surface area contributed by atoms with E-state index in [9.17, 15) is 4.79 Å². The Labute approximate surface area is 158 Å². The van der Waals surface area contributed by atoms with Gasteiger partial charge in [0.05, 0.1) is 11.1 Å². The average molecular weight is 370 g/mol. The van der Waals surface area contributed by atoms with Crippen LogP contribution < -0.4 is 9.47 Å². The number of halogens is 1. The number of hydrogen-bond acceptors (Lipinski definition) is 4. The summed E-state index contributed by atoms with van der Waals surface area (Å²) in [7, 11) is 0. The summed E-state index contributed by atoms with van der Waals surface area (Å²) in [6.07, 6.45) is 1.76. The van der Waals surface area contributed by atoms with Gasteiger partial charge >= 0.3 is 0 Å². The number of aryl methyl sites for hydroxylation is 1. The Morgan fingerprint density at radius 3 is 2.65 bits per heavy atom. The molecule has 0 saturated heterocycles. The van der Waals surface area contributed by atoms with Gasteiger partial charge in [-0.2, -0.15) is 0 Å². The molecule has 2 aromatic rings. The van der Waals surface area contributed by atoms with Crippen molar-refractivity contribution >= 4 is 23.5 Å². The maximum atomic E-state index is 12.9. The number of benzene rings is 2. The van der Waals surface area contributed by atoms with Gasteiger partial charge < -0.3 is 9.47 Å². The standard InChI is InChI=1S/C21H20ClNO3/c1-12(2)23-10-16-17(25-11-23)8-13(3)19-20(24)18(26-21(16)19)9-14-4-6-15(22)7-5-14/h4-9,12H,10-11H2,1-3H3/b18-9-. The van der Waals surface area contributed by atoms with E-state index in [1.807, 2.05) is 25.1 Å². The Morgan fingerprint density at radius 1 is 1.23 bits per heavy atom. The molecule has 134 valence electrons. The van der Waals surface area contributed by atoms with Gasteiger partial charge in [-0.25, -0.2) is 0 Å². The molecule has 2 heterocycles. The number of fused-ring (bicyclic) bond motifs is 3. The minimum atomic E-state index is -0.0862. The second-order valence-electron chi connectivity index (χ2n) is 6.98. The number of ketones is 1. The largest absolute Gasteiger partial charge is 0.478 e. The minimum Gasteiger partial charge on any atom is -0.478 e. The topological polar surface area (TPSA) is 38.8 Å². The van der Waals surface area contributed by atoms with Crippen molar-refractivity contribution in [2.75, 3.05) is 6.73 Å². The van der Waals surface area contributed by atoms with E-state index >= 15 is 0 Å². The molecule has 5 heteroatoms. The van der Waals surface area contributed by atoms with Gasteiger partial charge in [0.15, 0.2) is 5.76 Å². The van der Waals surface area contributed by atoms with Crippen molar-refractivity contribution < 1.29 is 14.3 Å². The SMILES string of the molecule is Cc1cc2c(c3c1C(=O)/C(=C/c1ccc(Cl)cc1)O3)CN(C(C)C)CO2. The van der Waals surface area contributed by atoms with Crippen LogP contribution in [0.15, 0.2) is 36.1 Å². The Morgan fingerprint density at radius 2 is 1.96 bits per heavy atom. The van der Waals surface area contributed by atoms with Gasteiger partial charge in [-0.15, -0.1) is 0 Å². The number of nitrogens with zero attached hydrogens (tertiary/aromatic N) is 1. The molecule has 0 atom stereocenters. The van der Waals surface area contributed by atoms with E-state index in [-0.39, 0.29) is 5.78 Å². The minimum absolute atomic E-state index is 0.0862. The van der Waals surface area contributed by atoms with E-state index in [0.717, 1.165) is 22.4 Å². The summed E-state index contributed by atoms with van der Waals surface area (Å²) in [5, 5.41) is 0.657. The fraction of sp³-hybridized carbons (Fsp3) is 0.286. The third-order valence-electron chi connectivity index (χ3n) is 4.85. The summed E-state index contributed by atoms with van der Waals surface area (Å²) in [5.74, 6) is 1.69. The lowest BCUT2D eigenvalue weighted by molar-refractivity contribution is 0.0673. The van der Waals surface area contributed by atoms with Crippen molar-refractivity contribution in [2.45, 2.75) is 33.4 Å². The molecular weight excluding hydrogens is 350 g/mol. The monoisotopic (exact) mass is 369 g/mol. The first-order chi connectivity index (χ1) is 12.4. The van der Waals surface area contributed by atoms with Crippen LogP contribution in [0.3, 0.4) is 0 Å². The zero-order valence-electron chi connectivity index (χ0n) is 15.0. The Kier molecular flexibility index (Phi) is 4.25. The molecule has 0 radical (unpaired) electrons. The quantitative estimate of drug-likeness (QED) is 0.711. The van der Waals surface area contributed by atoms with Gasteiger partial charge in [-0.05, 0) is 56.2 Å². The lowest BCUT2D eigenvalue weighted by Crippen LogP contribution is -2.37. The predicted octanol–water partition coefficient (Wildman–Crippen LogP) is 4.82. The molecule has 0 saturated carbocycles. The van der Waals surface area contributed by atoms with Crippen molar-refractivity contribution in [1.82, 2.24) is 4.90 Å². The van der Waals surface area contributed by atoms with Crippen LogP contribution >= 0.6 is 11.6 Å². The van der Waals surface area contributed by atoms with Crippen molar-refractivity contribution in [2.24, 2.45) is 0 Å². The summed E-state index contributed by atoms with van der Waals surface area (Å²) in [6.45, 7) is 7.42. The first kappa shape index (κ1) is 17.1. The van der Waals surface area contributed by atoms with Crippen LogP contribution in [0.1, 0.15) is 40.9 Å². The molecule has 2 aromatic carbocycles. The maximum absolute atomic E-state index is 12.9. The Hall–Kier alpha value is -2.30. The van der Waals surface area contributed by atoms with Gasteiger partial charge in [0.2, 0.25) is 5.78 Å². The molecule has 0 spiro atoms. The van der Waals surface area contributed by atoms with E-state index in [2.05, 4.69) is 18.7 Å². The van der Waals surface area contributed by atoms with Crippen molar-refractivity contribution in [1.29, 1.82) is 0 Å². The normalized spacial score (nSPS) is 17.9. The number of allylic oxidation sites excluding steroid dienone is 1. The molecule has 0 aliphatic carbocycles. The fourth-order valence-electron chi connectivity index (χ4n) is 3.29. The molecule has 0 fully saturated rings. The number of rotatable bonds is 2. The van der Waals surface area contributed by atoms with E-state index in [1.54, 1.807) is 18.2 Å². The van der Waals surface area contributed by atoms with Gasteiger partial charge in [-0.1, -0.05) is 23.7 Å².